The molecule has 1 atom stereocenters. The Morgan fingerprint density at radius 3 is 2.18 bits per heavy atom. The van der Waals surface area contributed by atoms with E-state index in [9.17, 15) is 4.79 Å². The number of ether oxygens (including phenoxy) is 1. The Morgan fingerprint density at radius 1 is 1.12 bits per heavy atom. The van der Waals surface area contributed by atoms with Crippen LogP contribution in [0.2, 0.25) is 0 Å². The second-order valence-electron chi connectivity index (χ2n) is 4.76. The van der Waals surface area contributed by atoms with Crippen LogP contribution in [0.1, 0.15) is 71.6 Å². The van der Waals surface area contributed by atoms with E-state index in [1.54, 1.807) is 0 Å². The van der Waals surface area contributed by atoms with Crippen molar-refractivity contribution >= 4 is 5.97 Å². The predicted octanol–water partition coefficient (Wildman–Crippen LogP) is 4.63. The lowest BCUT2D eigenvalue weighted by molar-refractivity contribution is -0.145. The molecule has 0 saturated carbocycles. The largest absolute Gasteiger partial charge is 0.463 e. The van der Waals surface area contributed by atoms with Crippen LogP contribution in [0.5, 0.6) is 0 Å². The molecule has 0 aliphatic carbocycles. The van der Waals surface area contributed by atoms with E-state index in [0.717, 1.165) is 12.8 Å². The number of unbranched alkanes of at least 4 members (excludes halogenated alkanes) is 7. The van der Waals surface area contributed by atoms with Crippen LogP contribution < -0.4 is 0 Å². The van der Waals surface area contributed by atoms with Gasteiger partial charge in [0.1, 0.15) is 0 Å². The zero-order chi connectivity index (χ0) is 12.9. The molecule has 0 aliphatic rings. The molecule has 0 aromatic carbocycles. The number of hydrogen-bond donors (Lipinski definition) is 0. The van der Waals surface area contributed by atoms with Crippen LogP contribution in [0.15, 0.2) is 12.7 Å². The maximum Gasteiger partial charge on any atom is 0.302 e. The summed E-state index contributed by atoms with van der Waals surface area (Å²) in [6, 6.07) is 0. The van der Waals surface area contributed by atoms with Gasteiger partial charge in [-0.1, -0.05) is 38.2 Å². The molecule has 0 aliphatic heterocycles. The van der Waals surface area contributed by atoms with Gasteiger partial charge in [0.25, 0.3) is 0 Å². The van der Waals surface area contributed by atoms with Gasteiger partial charge in [0, 0.05) is 6.92 Å². The molecule has 0 amide bonds. The predicted molar refractivity (Wildman–Crippen MR) is 73.0 cm³/mol. The van der Waals surface area contributed by atoms with Gasteiger partial charge in [-0.2, -0.15) is 0 Å². The Morgan fingerprint density at radius 2 is 1.65 bits per heavy atom. The summed E-state index contributed by atoms with van der Waals surface area (Å²) in [5, 5.41) is 0. The zero-order valence-corrected chi connectivity index (χ0v) is 11.5. The van der Waals surface area contributed by atoms with Crippen molar-refractivity contribution < 1.29 is 9.53 Å². The molecule has 0 N–H and O–H groups in total. The van der Waals surface area contributed by atoms with Crippen molar-refractivity contribution in [3.8, 4) is 0 Å². The molecule has 0 saturated heterocycles. The quantitative estimate of drug-likeness (QED) is 0.299. The lowest BCUT2D eigenvalue weighted by Crippen LogP contribution is -2.11. The van der Waals surface area contributed by atoms with Gasteiger partial charge in [-0.25, -0.2) is 0 Å². The second kappa shape index (κ2) is 11.7. The molecule has 0 aromatic heterocycles. The summed E-state index contributed by atoms with van der Waals surface area (Å²) in [5.41, 5.74) is 0. The third kappa shape index (κ3) is 13.1. The first kappa shape index (κ1) is 16.2. The van der Waals surface area contributed by atoms with Crippen molar-refractivity contribution in [1.29, 1.82) is 0 Å². The van der Waals surface area contributed by atoms with Crippen LogP contribution in [-0.2, 0) is 9.53 Å². The van der Waals surface area contributed by atoms with Crippen molar-refractivity contribution in [2.45, 2.75) is 77.7 Å². The number of rotatable bonds is 11. The molecule has 2 nitrogen and oxygen atoms in total. The van der Waals surface area contributed by atoms with Gasteiger partial charge in [-0.15, -0.1) is 6.58 Å². The van der Waals surface area contributed by atoms with Gasteiger partial charge in [-0.3, -0.25) is 4.79 Å². The van der Waals surface area contributed by atoms with Gasteiger partial charge in [0.05, 0.1) is 6.10 Å². The summed E-state index contributed by atoms with van der Waals surface area (Å²) in [6.45, 7) is 7.16. The molecule has 2 heteroatoms. The maximum atomic E-state index is 10.7. The highest BCUT2D eigenvalue weighted by Crippen LogP contribution is 2.11. The molecule has 0 spiro atoms. The number of carbonyl (C=O) groups is 1. The molecule has 0 rings (SSSR count). The molecule has 0 heterocycles. The molecular weight excluding hydrogens is 212 g/mol. The van der Waals surface area contributed by atoms with Gasteiger partial charge in [0.15, 0.2) is 0 Å². The van der Waals surface area contributed by atoms with E-state index in [1.165, 1.54) is 51.9 Å². The van der Waals surface area contributed by atoms with E-state index in [-0.39, 0.29) is 12.1 Å². The molecule has 100 valence electrons. The Labute approximate surface area is 106 Å². The van der Waals surface area contributed by atoms with Crippen LogP contribution in [-0.4, -0.2) is 12.1 Å². The summed E-state index contributed by atoms with van der Waals surface area (Å²) in [6.07, 6.45) is 13.2. The summed E-state index contributed by atoms with van der Waals surface area (Å²) in [4.78, 5) is 10.7. The Balaban J connectivity index is 3.12. The number of carbonyl (C=O) groups excluding carboxylic acids is 1. The van der Waals surface area contributed by atoms with Crippen molar-refractivity contribution in [3.05, 3.63) is 12.7 Å². The smallest absolute Gasteiger partial charge is 0.302 e. The lowest BCUT2D eigenvalue weighted by Gasteiger charge is -2.11. The topological polar surface area (TPSA) is 26.3 Å². The van der Waals surface area contributed by atoms with Gasteiger partial charge < -0.3 is 4.74 Å². The first-order valence-electron chi connectivity index (χ1n) is 6.95. The standard InChI is InChI=1S/C15H28O2/c1-4-5-6-7-8-9-10-11-12-13-14(2)17-15(3)16/h4,14H,1,5-13H2,2-3H3. The van der Waals surface area contributed by atoms with Crippen molar-refractivity contribution in [2.24, 2.45) is 0 Å². The summed E-state index contributed by atoms with van der Waals surface area (Å²) < 4.78 is 5.07. The van der Waals surface area contributed by atoms with Crippen molar-refractivity contribution in [2.75, 3.05) is 0 Å². The van der Waals surface area contributed by atoms with E-state index in [2.05, 4.69) is 6.58 Å². The molecular formula is C15H28O2. The fourth-order valence-electron chi connectivity index (χ4n) is 1.95. The summed E-state index contributed by atoms with van der Waals surface area (Å²) in [7, 11) is 0. The minimum absolute atomic E-state index is 0.0834. The Bertz CT molecular complexity index is 199. The normalized spacial score (nSPS) is 12.1. The van der Waals surface area contributed by atoms with Gasteiger partial charge in [-0.05, 0) is 32.6 Å². The van der Waals surface area contributed by atoms with Crippen LogP contribution in [0.25, 0.3) is 0 Å². The van der Waals surface area contributed by atoms with Gasteiger partial charge in [0.2, 0.25) is 0 Å². The average Bonchev–Trinajstić information content (AvgIpc) is 2.26. The number of hydrogen-bond acceptors (Lipinski definition) is 2. The highest BCUT2D eigenvalue weighted by atomic mass is 16.5. The molecule has 0 radical (unpaired) electrons. The van der Waals surface area contributed by atoms with Crippen LogP contribution in [0, 0.1) is 0 Å². The maximum absolute atomic E-state index is 10.7. The minimum Gasteiger partial charge on any atom is -0.463 e. The lowest BCUT2D eigenvalue weighted by atomic mass is 10.1. The van der Waals surface area contributed by atoms with Gasteiger partial charge >= 0.3 is 5.97 Å². The molecule has 17 heavy (non-hydrogen) atoms. The molecule has 0 aromatic rings. The fourth-order valence-corrected chi connectivity index (χ4v) is 1.95. The first-order valence-corrected chi connectivity index (χ1v) is 6.95. The fraction of sp³-hybridized carbons (Fsp3) is 0.800. The third-order valence-corrected chi connectivity index (χ3v) is 2.89. The Hall–Kier alpha value is -0.790. The highest BCUT2D eigenvalue weighted by Gasteiger charge is 2.04. The minimum atomic E-state index is -0.167. The van der Waals surface area contributed by atoms with E-state index >= 15 is 0 Å². The molecule has 1 unspecified atom stereocenters. The molecule has 0 bridgehead atoms. The van der Waals surface area contributed by atoms with Crippen LogP contribution >= 0.6 is 0 Å². The van der Waals surface area contributed by atoms with Crippen LogP contribution in [0.3, 0.4) is 0 Å². The monoisotopic (exact) mass is 240 g/mol. The molecule has 0 fully saturated rings. The summed E-state index contributed by atoms with van der Waals surface area (Å²) in [5.74, 6) is -0.167. The van der Waals surface area contributed by atoms with E-state index < -0.39 is 0 Å². The number of esters is 1. The van der Waals surface area contributed by atoms with E-state index in [4.69, 9.17) is 4.74 Å². The summed E-state index contributed by atoms with van der Waals surface area (Å²) >= 11 is 0. The zero-order valence-electron chi connectivity index (χ0n) is 11.5. The number of allylic oxidation sites excluding steroid dienone is 1. The SMILES string of the molecule is C=CCCCCCCCCCC(C)OC(C)=O. The first-order chi connectivity index (χ1) is 8.16. The highest BCUT2D eigenvalue weighted by molar-refractivity contribution is 5.66. The Kier molecular flexibility index (Phi) is 11.1. The van der Waals surface area contributed by atoms with E-state index in [1.807, 2.05) is 13.0 Å². The van der Waals surface area contributed by atoms with E-state index in [0.29, 0.717) is 0 Å². The van der Waals surface area contributed by atoms with Crippen molar-refractivity contribution in [1.82, 2.24) is 0 Å². The van der Waals surface area contributed by atoms with Crippen molar-refractivity contribution in [3.63, 3.8) is 0 Å². The van der Waals surface area contributed by atoms with Crippen LogP contribution in [0.4, 0.5) is 0 Å². The average molecular weight is 240 g/mol. The second-order valence-corrected chi connectivity index (χ2v) is 4.76. The third-order valence-electron chi connectivity index (χ3n) is 2.89.